The van der Waals surface area contributed by atoms with Crippen molar-refractivity contribution in [2.75, 3.05) is 0 Å². The first kappa shape index (κ1) is 15.0. The van der Waals surface area contributed by atoms with E-state index < -0.39 is 0 Å². The van der Waals surface area contributed by atoms with Crippen molar-refractivity contribution in [2.45, 2.75) is 45.4 Å². The molecule has 0 N–H and O–H groups in total. The number of hydrogen-bond acceptors (Lipinski definition) is 0. The number of alkyl halides is 1. The summed E-state index contributed by atoms with van der Waals surface area (Å²) in [4.78, 5) is 0.540. The van der Waals surface area contributed by atoms with Gasteiger partial charge >= 0.3 is 0 Å². The molecule has 2 unspecified atom stereocenters. The number of hydrogen-bond donors (Lipinski definition) is 0. The van der Waals surface area contributed by atoms with E-state index in [-0.39, 0.29) is 0 Å². The van der Waals surface area contributed by atoms with Crippen LogP contribution in [0.15, 0.2) is 24.3 Å². The van der Waals surface area contributed by atoms with Crippen LogP contribution in [0.4, 0.5) is 0 Å². The van der Waals surface area contributed by atoms with Crippen LogP contribution in [-0.2, 0) is 6.42 Å². The highest BCUT2D eigenvalue weighted by atomic mass is 79.9. The van der Waals surface area contributed by atoms with Crippen LogP contribution in [0.5, 0.6) is 0 Å². The maximum absolute atomic E-state index is 5.88. The fourth-order valence-corrected chi connectivity index (χ4v) is 2.76. The Balaban J connectivity index is 2.50. The molecular formula is C15H22BrCl. The highest BCUT2D eigenvalue weighted by Crippen LogP contribution is 2.31. The van der Waals surface area contributed by atoms with Crippen molar-refractivity contribution in [1.29, 1.82) is 0 Å². The fraction of sp³-hybridized carbons (Fsp3) is 0.600. The zero-order chi connectivity index (χ0) is 13.1. The van der Waals surface area contributed by atoms with E-state index in [1.165, 1.54) is 12.0 Å². The van der Waals surface area contributed by atoms with Crippen molar-refractivity contribution < 1.29 is 0 Å². The Morgan fingerprint density at radius 1 is 1.18 bits per heavy atom. The van der Waals surface area contributed by atoms with Gasteiger partial charge in [0.25, 0.3) is 0 Å². The minimum Gasteiger partial charge on any atom is -0.0887 e. The molecule has 17 heavy (non-hydrogen) atoms. The van der Waals surface area contributed by atoms with Crippen LogP contribution < -0.4 is 0 Å². The molecule has 0 heterocycles. The smallest absolute Gasteiger partial charge is 0.0406 e. The third-order valence-electron chi connectivity index (χ3n) is 3.46. The van der Waals surface area contributed by atoms with E-state index in [4.69, 9.17) is 11.6 Å². The molecule has 1 aromatic carbocycles. The number of rotatable bonds is 4. The summed E-state index contributed by atoms with van der Waals surface area (Å²) in [6.45, 7) is 9.25. The predicted molar refractivity (Wildman–Crippen MR) is 81.1 cm³/mol. The van der Waals surface area contributed by atoms with Gasteiger partial charge in [-0.1, -0.05) is 67.4 Å². The standard InChI is InChI=1S/C15H22BrCl/c1-11(15(2,3)4)9-13(16)10-12-5-7-14(17)8-6-12/h5-8,11,13H,9-10H2,1-4H3. The van der Waals surface area contributed by atoms with Crippen LogP contribution in [0.1, 0.15) is 39.7 Å². The highest BCUT2D eigenvalue weighted by molar-refractivity contribution is 9.09. The van der Waals surface area contributed by atoms with Crippen molar-refractivity contribution in [3.8, 4) is 0 Å². The lowest BCUT2D eigenvalue weighted by Crippen LogP contribution is -2.21. The first-order valence-electron chi connectivity index (χ1n) is 6.17. The van der Waals surface area contributed by atoms with Crippen LogP contribution >= 0.6 is 27.5 Å². The molecule has 2 atom stereocenters. The van der Waals surface area contributed by atoms with E-state index in [0.29, 0.717) is 16.2 Å². The van der Waals surface area contributed by atoms with E-state index >= 15 is 0 Å². The first-order chi connectivity index (χ1) is 7.79. The SMILES string of the molecule is CC(CC(Br)Cc1ccc(Cl)cc1)C(C)(C)C. The van der Waals surface area contributed by atoms with Gasteiger partial charge in [0.2, 0.25) is 0 Å². The van der Waals surface area contributed by atoms with E-state index in [1.807, 2.05) is 12.1 Å². The van der Waals surface area contributed by atoms with Gasteiger partial charge in [0, 0.05) is 9.85 Å². The third kappa shape index (κ3) is 5.44. The van der Waals surface area contributed by atoms with Gasteiger partial charge in [-0.25, -0.2) is 0 Å². The second kappa shape index (κ2) is 6.24. The molecule has 1 rings (SSSR count). The molecule has 0 nitrogen and oxygen atoms in total. The quantitative estimate of drug-likeness (QED) is 0.623. The van der Waals surface area contributed by atoms with Gasteiger partial charge in [-0.05, 0) is 41.9 Å². The number of halogens is 2. The Bertz CT molecular complexity index is 337. The van der Waals surface area contributed by atoms with Gasteiger partial charge in [0.05, 0.1) is 0 Å². The predicted octanol–water partition coefficient (Wildman–Crippen LogP) is 5.72. The Labute approximate surface area is 119 Å². The molecule has 0 aliphatic rings. The third-order valence-corrected chi connectivity index (χ3v) is 4.41. The van der Waals surface area contributed by atoms with Crippen LogP contribution in [0.3, 0.4) is 0 Å². The molecular weight excluding hydrogens is 296 g/mol. The minimum absolute atomic E-state index is 0.381. The minimum atomic E-state index is 0.381. The maximum atomic E-state index is 5.88. The molecule has 0 amide bonds. The normalized spacial score (nSPS) is 15.6. The van der Waals surface area contributed by atoms with Gasteiger partial charge < -0.3 is 0 Å². The summed E-state index contributed by atoms with van der Waals surface area (Å²) < 4.78 is 0. The molecule has 2 heteroatoms. The van der Waals surface area contributed by atoms with Crippen molar-refractivity contribution in [3.63, 3.8) is 0 Å². The van der Waals surface area contributed by atoms with Crippen molar-refractivity contribution in [2.24, 2.45) is 11.3 Å². The molecule has 0 spiro atoms. The summed E-state index contributed by atoms with van der Waals surface area (Å²) in [5.41, 5.74) is 1.73. The Morgan fingerprint density at radius 2 is 1.71 bits per heavy atom. The lowest BCUT2D eigenvalue weighted by Gasteiger charge is -2.29. The zero-order valence-corrected chi connectivity index (χ0v) is 13.5. The number of benzene rings is 1. The van der Waals surface area contributed by atoms with E-state index in [1.54, 1.807) is 0 Å². The van der Waals surface area contributed by atoms with Crippen molar-refractivity contribution >= 4 is 27.5 Å². The largest absolute Gasteiger partial charge is 0.0887 e. The second-order valence-electron chi connectivity index (χ2n) is 5.93. The molecule has 0 bridgehead atoms. The summed E-state index contributed by atoms with van der Waals surface area (Å²) in [7, 11) is 0. The van der Waals surface area contributed by atoms with Crippen LogP contribution in [-0.4, -0.2) is 4.83 Å². The Kier molecular flexibility index (Phi) is 5.53. The van der Waals surface area contributed by atoms with Gasteiger partial charge in [-0.2, -0.15) is 0 Å². The van der Waals surface area contributed by atoms with Crippen molar-refractivity contribution in [3.05, 3.63) is 34.9 Å². The van der Waals surface area contributed by atoms with Crippen molar-refractivity contribution in [1.82, 2.24) is 0 Å². The summed E-state index contributed by atoms with van der Waals surface area (Å²) >= 11 is 9.67. The maximum Gasteiger partial charge on any atom is 0.0406 e. The monoisotopic (exact) mass is 316 g/mol. The Morgan fingerprint density at radius 3 is 2.18 bits per heavy atom. The lowest BCUT2D eigenvalue weighted by molar-refractivity contribution is 0.246. The molecule has 96 valence electrons. The zero-order valence-electron chi connectivity index (χ0n) is 11.1. The van der Waals surface area contributed by atoms with E-state index in [0.717, 1.165) is 11.4 Å². The lowest BCUT2D eigenvalue weighted by atomic mass is 9.79. The van der Waals surface area contributed by atoms with Crippen LogP contribution in [0.25, 0.3) is 0 Å². The van der Waals surface area contributed by atoms with Gasteiger partial charge in [-0.15, -0.1) is 0 Å². The molecule has 0 radical (unpaired) electrons. The highest BCUT2D eigenvalue weighted by Gasteiger charge is 2.22. The summed E-state index contributed by atoms with van der Waals surface area (Å²) in [6, 6.07) is 8.14. The Hall–Kier alpha value is -0.0100. The molecule has 0 fully saturated rings. The average molecular weight is 318 g/mol. The van der Waals surface area contributed by atoms with E-state index in [9.17, 15) is 0 Å². The molecule has 0 aliphatic heterocycles. The first-order valence-corrected chi connectivity index (χ1v) is 7.47. The van der Waals surface area contributed by atoms with Crippen LogP contribution in [0, 0.1) is 11.3 Å². The summed E-state index contributed by atoms with van der Waals surface area (Å²) in [5, 5.41) is 0.808. The molecule has 0 aliphatic carbocycles. The average Bonchev–Trinajstić information content (AvgIpc) is 2.20. The van der Waals surface area contributed by atoms with E-state index in [2.05, 4.69) is 55.8 Å². The van der Waals surface area contributed by atoms with Gasteiger partial charge in [-0.3, -0.25) is 0 Å². The molecule has 0 saturated heterocycles. The topological polar surface area (TPSA) is 0 Å². The molecule has 0 aromatic heterocycles. The fourth-order valence-electron chi connectivity index (χ4n) is 1.70. The van der Waals surface area contributed by atoms with Gasteiger partial charge in [0.15, 0.2) is 0 Å². The molecule has 0 saturated carbocycles. The summed E-state index contributed by atoms with van der Waals surface area (Å²) in [5.74, 6) is 0.708. The summed E-state index contributed by atoms with van der Waals surface area (Å²) in [6.07, 6.45) is 2.27. The van der Waals surface area contributed by atoms with Crippen LogP contribution in [0.2, 0.25) is 5.02 Å². The second-order valence-corrected chi connectivity index (χ2v) is 7.66. The molecule has 1 aromatic rings. The van der Waals surface area contributed by atoms with Gasteiger partial charge in [0.1, 0.15) is 0 Å².